The molecule has 2 aromatic carbocycles. The standard InChI is InChI=1S/C24H25N3O4/c1-30-19-11-9-17(10-12-19)23-21-8-5-15-26(21)20-7-4-3-6-18(20)16-27(23)24(29)25-14-13-22(28)31-2/h3-12,15,23H,13-14,16H2,1-2H3,(H,25,29)/t23-/m0/s1. The Morgan fingerprint density at radius 1 is 1.03 bits per heavy atom. The predicted molar refractivity (Wildman–Crippen MR) is 116 cm³/mol. The zero-order chi connectivity index (χ0) is 21.8. The number of esters is 1. The summed E-state index contributed by atoms with van der Waals surface area (Å²) < 4.78 is 12.1. The summed E-state index contributed by atoms with van der Waals surface area (Å²) in [5, 5.41) is 2.87. The van der Waals surface area contributed by atoms with Crippen molar-refractivity contribution in [2.24, 2.45) is 0 Å². The molecule has 7 heteroatoms. The molecule has 1 aromatic heterocycles. The second-order valence-electron chi connectivity index (χ2n) is 7.29. The summed E-state index contributed by atoms with van der Waals surface area (Å²) in [5.41, 5.74) is 4.04. The molecule has 2 amide bonds. The van der Waals surface area contributed by atoms with Crippen LogP contribution in [0.3, 0.4) is 0 Å². The van der Waals surface area contributed by atoms with Crippen molar-refractivity contribution in [2.45, 2.75) is 19.0 Å². The fourth-order valence-electron chi connectivity index (χ4n) is 3.95. The fraction of sp³-hybridized carbons (Fsp3) is 0.250. The van der Waals surface area contributed by atoms with Gasteiger partial charge in [-0.2, -0.15) is 0 Å². The minimum Gasteiger partial charge on any atom is -0.497 e. The summed E-state index contributed by atoms with van der Waals surface area (Å²) >= 11 is 0. The minimum absolute atomic E-state index is 0.121. The second kappa shape index (κ2) is 8.95. The topological polar surface area (TPSA) is 72.8 Å². The van der Waals surface area contributed by atoms with E-state index >= 15 is 0 Å². The number of ether oxygens (including phenoxy) is 2. The maximum Gasteiger partial charge on any atom is 0.318 e. The molecule has 3 aromatic rings. The molecule has 7 nitrogen and oxygen atoms in total. The number of hydrogen-bond acceptors (Lipinski definition) is 4. The van der Waals surface area contributed by atoms with E-state index in [0.29, 0.717) is 6.54 Å². The molecule has 0 saturated carbocycles. The van der Waals surface area contributed by atoms with Crippen LogP contribution in [0.1, 0.15) is 29.3 Å². The van der Waals surface area contributed by atoms with Gasteiger partial charge in [0.05, 0.1) is 38.9 Å². The molecule has 0 saturated heterocycles. The van der Waals surface area contributed by atoms with Gasteiger partial charge in [0, 0.05) is 18.4 Å². The van der Waals surface area contributed by atoms with Gasteiger partial charge in [0.25, 0.3) is 0 Å². The monoisotopic (exact) mass is 419 g/mol. The van der Waals surface area contributed by atoms with E-state index < -0.39 is 0 Å². The van der Waals surface area contributed by atoms with Gasteiger partial charge in [-0.15, -0.1) is 0 Å². The van der Waals surface area contributed by atoms with E-state index in [-0.39, 0.29) is 31.0 Å². The zero-order valence-corrected chi connectivity index (χ0v) is 17.6. The van der Waals surface area contributed by atoms with Gasteiger partial charge in [0.2, 0.25) is 0 Å². The minimum atomic E-state index is -0.359. The van der Waals surface area contributed by atoms with Crippen LogP contribution in [0.5, 0.6) is 5.75 Å². The average Bonchev–Trinajstić information content (AvgIpc) is 3.23. The van der Waals surface area contributed by atoms with Crippen LogP contribution >= 0.6 is 0 Å². The third-order valence-electron chi connectivity index (χ3n) is 5.49. The van der Waals surface area contributed by atoms with Crippen molar-refractivity contribution in [3.63, 3.8) is 0 Å². The van der Waals surface area contributed by atoms with Gasteiger partial charge in [-0.25, -0.2) is 4.79 Å². The van der Waals surface area contributed by atoms with Crippen LogP contribution in [0.4, 0.5) is 4.79 Å². The highest BCUT2D eigenvalue weighted by atomic mass is 16.5. The number of carbonyl (C=O) groups excluding carboxylic acids is 2. The number of nitrogens with one attached hydrogen (secondary N) is 1. The third kappa shape index (κ3) is 4.12. The number of para-hydroxylation sites is 1. The van der Waals surface area contributed by atoms with Gasteiger partial charge in [-0.1, -0.05) is 30.3 Å². The lowest BCUT2D eigenvalue weighted by atomic mass is 10.0. The number of urea groups is 1. The smallest absolute Gasteiger partial charge is 0.318 e. The summed E-state index contributed by atoms with van der Waals surface area (Å²) in [6, 6.07) is 19.3. The Morgan fingerprint density at radius 3 is 2.55 bits per heavy atom. The van der Waals surface area contributed by atoms with E-state index in [2.05, 4.69) is 20.7 Å². The molecule has 31 heavy (non-hydrogen) atoms. The highest BCUT2D eigenvalue weighted by Crippen LogP contribution is 2.37. The van der Waals surface area contributed by atoms with Crippen molar-refractivity contribution < 1.29 is 19.1 Å². The Morgan fingerprint density at radius 2 is 1.81 bits per heavy atom. The Balaban J connectivity index is 1.74. The molecule has 0 unspecified atom stereocenters. The number of benzene rings is 2. The Hall–Kier alpha value is -3.74. The van der Waals surface area contributed by atoms with E-state index in [1.165, 1.54) is 7.11 Å². The maximum absolute atomic E-state index is 13.3. The summed E-state index contributed by atoms with van der Waals surface area (Å²) in [5.74, 6) is 0.396. The lowest BCUT2D eigenvalue weighted by Crippen LogP contribution is -2.42. The summed E-state index contributed by atoms with van der Waals surface area (Å²) in [6.45, 7) is 0.638. The van der Waals surface area contributed by atoms with Crippen molar-refractivity contribution in [3.8, 4) is 11.4 Å². The van der Waals surface area contributed by atoms with Crippen LogP contribution in [-0.4, -0.2) is 42.2 Å². The van der Waals surface area contributed by atoms with Crippen molar-refractivity contribution in [2.75, 3.05) is 20.8 Å². The first-order valence-electron chi connectivity index (χ1n) is 10.1. The van der Waals surface area contributed by atoms with Crippen molar-refractivity contribution in [1.82, 2.24) is 14.8 Å². The molecular formula is C24H25N3O4. The number of methoxy groups -OCH3 is 2. The average molecular weight is 419 g/mol. The van der Waals surface area contributed by atoms with Gasteiger partial charge in [0.1, 0.15) is 5.75 Å². The predicted octanol–water partition coefficient (Wildman–Crippen LogP) is 3.66. The Labute approximate surface area is 181 Å². The molecule has 1 aliphatic rings. The van der Waals surface area contributed by atoms with E-state index in [1.807, 2.05) is 60.8 Å². The molecule has 1 atom stereocenters. The highest BCUT2D eigenvalue weighted by molar-refractivity contribution is 5.77. The van der Waals surface area contributed by atoms with Gasteiger partial charge < -0.3 is 24.3 Å². The number of aromatic nitrogens is 1. The molecule has 0 bridgehead atoms. The quantitative estimate of drug-likeness (QED) is 0.641. The summed E-state index contributed by atoms with van der Waals surface area (Å²) in [6.07, 6.45) is 2.14. The first-order valence-corrected chi connectivity index (χ1v) is 10.1. The molecule has 0 aliphatic carbocycles. The van der Waals surface area contributed by atoms with Crippen molar-refractivity contribution >= 4 is 12.0 Å². The first kappa shape index (κ1) is 20.5. The highest BCUT2D eigenvalue weighted by Gasteiger charge is 2.32. The van der Waals surface area contributed by atoms with Crippen LogP contribution in [-0.2, 0) is 16.1 Å². The normalized spacial score (nSPS) is 14.8. The van der Waals surface area contributed by atoms with Crippen molar-refractivity contribution in [3.05, 3.63) is 83.7 Å². The fourth-order valence-corrected chi connectivity index (χ4v) is 3.95. The molecule has 0 fully saturated rings. The number of nitrogens with zero attached hydrogens (tertiary/aromatic N) is 2. The number of rotatable bonds is 5. The lowest BCUT2D eigenvalue weighted by Gasteiger charge is -2.31. The molecule has 1 aliphatic heterocycles. The van der Waals surface area contributed by atoms with Crippen LogP contribution in [0.2, 0.25) is 0 Å². The maximum atomic E-state index is 13.3. The molecule has 1 N–H and O–H groups in total. The van der Waals surface area contributed by atoms with Gasteiger partial charge in [-0.05, 0) is 41.5 Å². The summed E-state index contributed by atoms with van der Waals surface area (Å²) in [7, 11) is 2.97. The molecule has 0 spiro atoms. The van der Waals surface area contributed by atoms with Crippen LogP contribution in [0.25, 0.3) is 5.69 Å². The van der Waals surface area contributed by atoms with Crippen molar-refractivity contribution in [1.29, 1.82) is 0 Å². The second-order valence-corrected chi connectivity index (χ2v) is 7.29. The third-order valence-corrected chi connectivity index (χ3v) is 5.49. The molecule has 2 heterocycles. The lowest BCUT2D eigenvalue weighted by molar-refractivity contribution is -0.140. The van der Waals surface area contributed by atoms with Gasteiger partial charge in [-0.3, -0.25) is 4.79 Å². The number of carbonyl (C=O) groups is 2. The van der Waals surface area contributed by atoms with E-state index in [4.69, 9.17) is 4.74 Å². The Bertz CT molecular complexity index is 1070. The molecule has 0 radical (unpaired) electrons. The van der Waals surface area contributed by atoms with Crippen LogP contribution in [0, 0.1) is 0 Å². The molecule has 4 rings (SSSR count). The molecule has 160 valence electrons. The zero-order valence-electron chi connectivity index (χ0n) is 17.6. The summed E-state index contributed by atoms with van der Waals surface area (Å²) in [4.78, 5) is 26.6. The van der Waals surface area contributed by atoms with E-state index in [1.54, 1.807) is 12.0 Å². The first-order chi connectivity index (χ1) is 15.1. The van der Waals surface area contributed by atoms with E-state index in [9.17, 15) is 9.59 Å². The van der Waals surface area contributed by atoms with Crippen LogP contribution < -0.4 is 10.1 Å². The molecular weight excluding hydrogens is 394 g/mol. The number of hydrogen-bond donors (Lipinski definition) is 1. The Kier molecular flexibility index (Phi) is 5.93. The van der Waals surface area contributed by atoms with Gasteiger partial charge >= 0.3 is 12.0 Å². The number of amides is 2. The largest absolute Gasteiger partial charge is 0.497 e. The number of fused-ring (bicyclic) bond motifs is 3. The SMILES string of the molecule is COC(=O)CCNC(=O)N1Cc2ccccc2-n2cccc2[C@@H]1c1ccc(OC)cc1. The van der Waals surface area contributed by atoms with Crippen LogP contribution in [0.15, 0.2) is 66.9 Å². The van der Waals surface area contributed by atoms with Gasteiger partial charge in [0.15, 0.2) is 0 Å². The van der Waals surface area contributed by atoms with E-state index in [0.717, 1.165) is 28.3 Å².